The lowest BCUT2D eigenvalue weighted by Crippen LogP contribution is -2.26. The number of ether oxygens (including phenoxy) is 1. The van der Waals surface area contributed by atoms with Crippen LogP contribution in [0.15, 0.2) is 54.6 Å². The zero-order chi connectivity index (χ0) is 15.1. The van der Waals surface area contributed by atoms with Crippen molar-refractivity contribution in [1.82, 2.24) is 0 Å². The first-order chi connectivity index (χ1) is 9.96. The van der Waals surface area contributed by atoms with Crippen molar-refractivity contribution in [3.8, 4) is 11.5 Å². The molecule has 1 aliphatic carbocycles. The predicted molar refractivity (Wildman–Crippen MR) is 81.3 cm³/mol. The van der Waals surface area contributed by atoms with Gasteiger partial charge in [-0.2, -0.15) is 0 Å². The van der Waals surface area contributed by atoms with Gasteiger partial charge < -0.3 is 9.84 Å². The first-order valence-corrected chi connectivity index (χ1v) is 7.16. The van der Waals surface area contributed by atoms with Crippen LogP contribution in [-0.4, -0.2) is 15.4 Å². The zero-order valence-corrected chi connectivity index (χ0v) is 12.4. The minimum absolute atomic E-state index is 0.206. The monoisotopic (exact) mass is 322 g/mol. The van der Waals surface area contributed by atoms with Crippen LogP contribution in [0.4, 0.5) is 0 Å². The molecule has 0 bridgehead atoms. The van der Waals surface area contributed by atoms with E-state index in [0.717, 1.165) is 0 Å². The molecule has 5 heteroatoms. The standard InChI is InChI=1S/C16H12Cl2O3/c17-16(18)10-15(16,14(19)20)11-6-8-13(9-7-11)21-12-4-2-1-3-5-12/h1-9H,10H2,(H,19,20). The third kappa shape index (κ3) is 2.37. The number of carboxylic acids is 1. The van der Waals surface area contributed by atoms with Gasteiger partial charge in [0.15, 0.2) is 0 Å². The Hall–Kier alpha value is -1.71. The van der Waals surface area contributed by atoms with Crippen LogP contribution in [0.25, 0.3) is 0 Å². The molecule has 0 aromatic heterocycles. The van der Waals surface area contributed by atoms with Gasteiger partial charge in [0.25, 0.3) is 0 Å². The van der Waals surface area contributed by atoms with Crippen molar-refractivity contribution in [2.24, 2.45) is 0 Å². The number of hydrogen-bond donors (Lipinski definition) is 1. The van der Waals surface area contributed by atoms with Gasteiger partial charge in [-0.25, -0.2) is 0 Å². The van der Waals surface area contributed by atoms with E-state index < -0.39 is 15.7 Å². The second-order valence-electron chi connectivity index (χ2n) is 5.03. The average Bonchev–Trinajstić information content (AvgIpc) is 3.05. The zero-order valence-electron chi connectivity index (χ0n) is 10.9. The number of aliphatic carboxylic acids is 1. The van der Waals surface area contributed by atoms with Gasteiger partial charge in [0, 0.05) is 6.42 Å². The first kappa shape index (κ1) is 14.2. The van der Waals surface area contributed by atoms with Crippen LogP contribution in [0.1, 0.15) is 12.0 Å². The molecule has 21 heavy (non-hydrogen) atoms. The van der Waals surface area contributed by atoms with Crippen molar-refractivity contribution in [3.05, 3.63) is 60.2 Å². The normalized spacial score (nSPS) is 22.6. The summed E-state index contributed by atoms with van der Waals surface area (Å²) in [5, 5.41) is 9.40. The number of benzene rings is 2. The lowest BCUT2D eigenvalue weighted by atomic mass is 9.96. The van der Waals surface area contributed by atoms with Gasteiger partial charge in [0.05, 0.1) is 0 Å². The van der Waals surface area contributed by atoms with E-state index in [-0.39, 0.29) is 6.42 Å². The number of carboxylic acid groups (broad SMARTS) is 1. The van der Waals surface area contributed by atoms with E-state index in [0.29, 0.717) is 17.1 Å². The van der Waals surface area contributed by atoms with Gasteiger partial charge in [-0.05, 0) is 29.8 Å². The lowest BCUT2D eigenvalue weighted by Gasteiger charge is -2.14. The largest absolute Gasteiger partial charge is 0.480 e. The molecule has 3 nitrogen and oxygen atoms in total. The van der Waals surface area contributed by atoms with Crippen molar-refractivity contribution in [3.63, 3.8) is 0 Å². The number of rotatable bonds is 4. The summed E-state index contributed by atoms with van der Waals surface area (Å²) in [6.45, 7) is 0. The highest BCUT2D eigenvalue weighted by Crippen LogP contribution is 2.65. The number of halogens is 2. The van der Waals surface area contributed by atoms with E-state index in [4.69, 9.17) is 27.9 Å². The maximum Gasteiger partial charge on any atom is 0.317 e. The molecule has 1 unspecified atom stereocenters. The smallest absolute Gasteiger partial charge is 0.317 e. The molecule has 1 atom stereocenters. The molecule has 1 fully saturated rings. The summed E-state index contributed by atoms with van der Waals surface area (Å²) in [5.41, 5.74) is -0.637. The van der Waals surface area contributed by atoms with Crippen molar-refractivity contribution >= 4 is 29.2 Å². The molecule has 0 aliphatic heterocycles. The Balaban J connectivity index is 1.84. The molecule has 0 heterocycles. The van der Waals surface area contributed by atoms with Gasteiger partial charge in [-0.1, -0.05) is 53.5 Å². The van der Waals surface area contributed by atoms with Crippen molar-refractivity contribution in [2.75, 3.05) is 0 Å². The van der Waals surface area contributed by atoms with Crippen molar-refractivity contribution in [1.29, 1.82) is 0 Å². The van der Waals surface area contributed by atoms with Crippen LogP contribution < -0.4 is 4.74 Å². The maximum atomic E-state index is 11.5. The number of hydrogen-bond acceptors (Lipinski definition) is 2. The maximum absolute atomic E-state index is 11.5. The topological polar surface area (TPSA) is 46.5 Å². The summed E-state index contributed by atoms with van der Waals surface area (Å²) >= 11 is 12.0. The Bertz CT molecular complexity index is 668. The van der Waals surface area contributed by atoms with E-state index in [1.807, 2.05) is 30.3 Å². The van der Waals surface area contributed by atoms with E-state index >= 15 is 0 Å². The summed E-state index contributed by atoms with van der Waals surface area (Å²) in [6.07, 6.45) is 0.206. The Kier molecular flexibility index (Phi) is 3.34. The van der Waals surface area contributed by atoms with Gasteiger partial charge in [0.2, 0.25) is 0 Å². The van der Waals surface area contributed by atoms with Crippen molar-refractivity contribution in [2.45, 2.75) is 16.2 Å². The number of alkyl halides is 2. The van der Waals surface area contributed by atoms with E-state index in [1.54, 1.807) is 24.3 Å². The minimum atomic E-state index is -1.25. The summed E-state index contributed by atoms with van der Waals surface area (Å²) < 4.78 is 4.42. The Labute approximate surface area is 132 Å². The molecule has 3 rings (SSSR count). The van der Waals surface area contributed by atoms with Crippen LogP contribution in [0.3, 0.4) is 0 Å². The van der Waals surface area contributed by atoms with Crippen LogP contribution in [0.2, 0.25) is 0 Å². The van der Waals surface area contributed by atoms with Gasteiger partial charge >= 0.3 is 5.97 Å². The van der Waals surface area contributed by atoms with E-state index in [2.05, 4.69) is 0 Å². The molecule has 2 aromatic rings. The van der Waals surface area contributed by atoms with Gasteiger partial charge in [0.1, 0.15) is 21.2 Å². The first-order valence-electron chi connectivity index (χ1n) is 6.40. The Morgan fingerprint density at radius 1 is 1.00 bits per heavy atom. The fourth-order valence-electron chi connectivity index (χ4n) is 2.39. The molecule has 1 saturated carbocycles. The van der Waals surface area contributed by atoms with Crippen molar-refractivity contribution < 1.29 is 14.6 Å². The van der Waals surface area contributed by atoms with E-state index in [9.17, 15) is 9.90 Å². The Morgan fingerprint density at radius 3 is 2.00 bits per heavy atom. The highest BCUT2D eigenvalue weighted by atomic mass is 35.5. The third-order valence-corrected chi connectivity index (χ3v) is 4.59. The minimum Gasteiger partial charge on any atom is -0.480 e. The molecule has 0 amide bonds. The highest BCUT2D eigenvalue weighted by Gasteiger charge is 2.72. The molecule has 108 valence electrons. The predicted octanol–water partition coefficient (Wildman–Crippen LogP) is 4.38. The molecule has 0 radical (unpaired) electrons. The van der Waals surface area contributed by atoms with Crippen LogP contribution >= 0.6 is 23.2 Å². The van der Waals surface area contributed by atoms with Gasteiger partial charge in [-0.15, -0.1) is 0 Å². The lowest BCUT2D eigenvalue weighted by molar-refractivity contribution is -0.140. The average molecular weight is 323 g/mol. The van der Waals surface area contributed by atoms with E-state index in [1.165, 1.54) is 0 Å². The molecule has 1 N–H and O–H groups in total. The summed E-state index contributed by atoms with van der Waals surface area (Å²) in [7, 11) is 0. The Morgan fingerprint density at radius 2 is 1.52 bits per heavy atom. The van der Waals surface area contributed by atoms with Crippen LogP contribution in [-0.2, 0) is 10.2 Å². The SMILES string of the molecule is O=C(O)C1(c2ccc(Oc3ccccc3)cc2)CC1(Cl)Cl. The highest BCUT2D eigenvalue weighted by molar-refractivity contribution is 6.54. The fourth-order valence-corrected chi connectivity index (χ4v) is 3.17. The summed E-state index contributed by atoms with van der Waals surface area (Å²) in [6, 6.07) is 16.2. The summed E-state index contributed by atoms with van der Waals surface area (Å²) in [4.78, 5) is 11.5. The number of carbonyl (C=O) groups is 1. The molecular weight excluding hydrogens is 311 g/mol. The van der Waals surface area contributed by atoms with Crippen LogP contribution in [0, 0.1) is 0 Å². The quantitative estimate of drug-likeness (QED) is 0.850. The third-order valence-electron chi connectivity index (χ3n) is 3.68. The second kappa shape index (κ2) is 4.93. The van der Waals surface area contributed by atoms with Crippen LogP contribution in [0.5, 0.6) is 11.5 Å². The molecule has 2 aromatic carbocycles. The summed E-state index contributed by atoms with van der Waals surface area (Å²) in [5.74, 6) is 0.332. The van der Waals surface area contributed by atoms with Gasteiger partial charge in [-0.3, -0.25) is 4.79 Å². The molecule has 0 spiro atoms. The second-order valence-corrected chi connectivity index (χ2v) is 6.52. The number of para-hydroxylation sites is 1. The molecule has 0 saturated heterocycles. The molecular formula is C16H12Cl2O3. The molecule has 1 aliphatic rings. The fraction of sp³-hybridized carbons (Fsp3) is 0.188.